The van der Waals surface area contributed by atoms with Gasteiger partial charge in [0.1, 0.15) is 18.3 Å². The van der Waals surface area contributed by atoms with Crippen LogP contribution in [0.3, 0.4) is 0 Å². The van der Waals surface area contributed by atoms with Crippen molar-refractivity contribution in [1.29, 1.82) is 0 Å². The van der Waals surface area contributed by atoms with Gasteiger partial charge in [-0.05, 0) is 0 Å². The van der Waals surface area contributed by atoms with E-state index in [0.29, 0.717) is 0 Å². The Morgan fingerprint density at radius 1 is 1.06 bits per heavy atom. The minimum absolute atomic E-state index is 0.00468. The fourth-order valence-corrected chi connectivity index (χ4v) is 1.59. The normalized spacial score (nSPS) is 40.7. The first kappa shape index (κ1) is 13.7. The zero-order chi connectivity index (χ0) is 12.5. The molecule has 0 aliphatic carbocycles. The van der Waals surface area contributed by atoms with Gasteiger partial charge in [0.15, 0.2) is 6.23 Å². The Bertz CT molecular complexity index is 226. The minimum Gasteiger partial charge on any atom is -0.389 e. The van der Waals surface area contributed by atoms with Crippen molar-refractivity contribution in [3.63, 3.8) is 0 Å². The minimum atomic E-state index is -1.22. The highest BCUT2D eigenvalue weighted by Gasteiger charge is 2.44. The van der Waals surface area contributed by atoms with Crippen molar-refractivity contribution in [3.8, 4) is 0 Å². The van der Waals surface area contributed by atoms with Crippen molar-refractivity contribution < 1.29 is 14.9 Å². The number of hydrogen-bond acceptors (Lipinski definition) is 10. The molecule has 0 saturated carbocycles. The molecule has 1 heterocycles. The van der Waals surface area contributed by atoms with Crippen LogP contribution in [0.25, 0.3) is 0 Å². The first-order valence-corrected chi connectivity index (χ1v) is 4.67. The maximum atomic E-state index is 9.66. The Morgan fingerprint density at radius 2 is 1.62 bits per heavy atom. The van der Waals surface area contributed by atoms with E-state index in [-0.39, 0.29) is 6.54 Å². The van der Waals surface area contributed by atoms with E-state index in [9.17, 15) is 10.2 Å². The molecule has 1 rings (SSSR count). The van der Waals surface area contributed by atoms with E-state index in [1.807, 2.05) is 0 Å². The Morgan fingerprint density at radius 3 is 2.06 bits per heavy atom. The second-order valence-electron chi connectivity index (χ2n) is 3.77. The van der Waals surface area contributed by atoms with E-state index in [1.54, 1.807) is 0 Å². The van der Waals surface area contributed by atoms with Crippen LogP contribution >= 0.6 is 0 Å². The van der Waals surface area contributed by atoms with Gasteiger partial charge in [0.05, 0.1) is 12.6 Å². The maximum absolute atomic E-state index is 9.66. The van der Waals surface area contributed by atoms with Crippen LogP contribution in [0.4, 0.5) is 0 Å². The predicted octanol–water partition coefficient (Wildman–Crippen LogP) is -5.14. The van der Waals surface area contributed by atoms with E-state index in [2.05, 4.69) is 0 Å². The molecule has 0 aromatic rings. The van der Waals surface area contributed by atoms with Crippen molar-refractivity contribution in [2.75, 3.05) is 6.54 Å². The van der Waals surface area contributed by atoms with Crippen LogP contribution in [0.15, 0.2) is 0 Å². The Hall–Kier alpha value is -0.400. The number of hydrazine groups is 4. The maximum Gasteiger partial charge on any atom is 0.155 e. The van der Waals surface area contributed by atoms with E-state index in [1.165, 1.54) is 0 Å². The topological polar surface area (TPSA) is 186 Å². The molecule has 12 N–H and O–H groups in total. The van der Waals surface area contributed by atoms with Crippen molar-refractivity contribution in [2.24, 2.45) is 29.1 Å². The zero-order valence-electron chi connectivity index (χ0n) is 8.68. The van der Waals surface area contributed by atoms with E-state index < -0.39 is 30.6 Å². The third kappa shape index (κ3) is 2.83. The molecule has 0 aromatic heterocycles. The summed E-state index contributed by atoms with van der Waals surface area (Å²) >= 11 is 0. The van der Waals surface area contributed by atoms with Crippen LogP contribution in [0.2, 0.25) is 0 Å². The predicted molar refractivity (Wildman–Crippen MR) is 53.9 cm³/mol. The first-order chi connectivity index (χ1) is 7.34. The number of hydrogen-bond donors (Lipinski definition) is 7. The molecule has 0 bridgehead atoms. The second-order valence-corrected chi connectivity index (χ2v) is 3.77. The highest BCUT2D eigenvalue weighted by atomic mass is 16.5. The monoisotopic (exact) mass is 237 g/mol. The summed E-state index contributed by atoms with van der Waals surface area (Å²) in [6.45, 7) is -0.00468. The standard InChI is InChI=1S/C6H19N7O3/c7-3-5(15)4(14)2(1-12(8)9)16-6(3)13(10)11/h2-6,14-15H,1,7-11H2/t2?,3-,4-,5?,6+/m0/s1. The Labute approximate surface area is 92.4 Å². The van der Waals surface area contributed by atoms with Gasteiger partial charge in [-0.15, -0.1) is 0 Å². The van der Waals surface area contributed by atoms with E-state index in [0.717, 1.165) is 10.2 Å². The lowest BCUT2D eigenvalue weighted by atomic mass is 9.96. The van der Waals surface area contributed by atoms with Crippen LogP contribution < -0.4 is 29.1 Å². The molecular weight excluding hydrogens is 218 g/mol. The zero-order valence-corrected chi connectivity index (χ0v) is 8.68. The van der Waals surface area contributed by atoms with Crippen molar-refractivity contribution in [3.05, 3.63) is 0 Å². The summed E-state index contributed by atoms with van der Waals surface area (Å²) in [7, 11) is 0. The first-order valence-electron chi connectivity index (χ1n) is 4.67. The fourth-order valence-electron chi connectivity index (χ4n) is 1.59. The third-order valence-electron chi connectivity index (χ3n) is 2.45. The number of ether oxygens (including phenoxy) is 1. The number of aliphatic hydroxyl groups excluding tert-OH is 2. The molecule has 0 radical (unpaired) electrons. The van der Waals surface area contributed by atoms with E-state index >= 15 is 0 Å². The summed E-state index contributed by atoms with van der Waals surface area (Å²) < 4.78 is 5.29. The summed E-state index contributed by atoms with van der Waals surface area (Å²) in [5, 5.41) is 20.9. The molecular formula is C6H19N7O3. The summed E-state index contributed by atoms with van der Waals surface area (Å²) in [6, 6.07) is -0.926. The smallest absolute Gasteiger partial charge is 0.155 e. The molecule has 1 fully saturated rings. The van der Waals surface area contributed by atoms with Crippen LogP contribution in [0, 0.1) is 0 Å². The average Bonchev–Trinajstić information content (AvgIpc) is 2.18. The highest BCUT2D eigenvalue weighted by molar-refractivity contribution is 4.93. The highest BCUT2D eigenvalue weighted by Crippen LogP contribution is 2.20. The molecule has 1 aliphatic rings. The van der Waals surface area contributed by atoms with Gasteiger partial charge in [0.2, 0.25) is 0 Å². The Kier molecular flexibility index (Phi) is 4.52. The van der Waals surface area contributed by atoms with Crippen molar-refractivity contribution in [2.45, 2.75) is 30.6 Å². The van der Waals surface area contributed by atoms with Crippen LogP contribution in [0.1, 0.15) is 0 Å². The Balaban J connectivity index is 2.73. The molecule has 1 aliphatic heterocycles. The molecule has 0 amide bonds. The lowest BCUT2D eigenvalue weighted by molar-refractivity contribution is -0.224. The number of nitrogens with zero attached hydrogens (tertiary/aromatic N) is 2. The summed E-state index contributed by atoms with van der Waals surface area (Å²) in [5.41, 5.74) is 5.59. The second kappa shape index (κ2) is 5.29. The lowest BCUT2D eigenvalue weighted by Crippen LogP contribution is -2.69. The van der Waals surface area contributed by atoms with Gasteiger partial charge in [-0.25, -0.2) is 0 Å². The molecule has 1 saturated heterocycles. The summed E-state index contributed by atoms with van der Waals surface area (Å²) in [6.07, 6.45) is -4.19. The number of aliphatic hydroxyl groups is 2. The van der Waals surface area contributed by atoms with Gasteiger partial charge in [-0.1, -0.05) is 0 Å². The average molecular weight is 237 g/mol. The van der Waals surface area contributed by atoms with Crippen LogP contribution in [0.5, 0.6) is 0 Å². The van der Waals surface area contributed by atoms with Crippen molar-refractivity contribution >= 4 is 0 Å². The summed E-state index contributed by atoms with van der Waals surface area (Å²) in [4.78, 5) is 0. The molecule has 5 atom stereocenters. The molecule has 96 valence electrons. The quantitative estimate of drug-likeness (QED) is 0.185. The van der Waals surface area contributed by atoms with Gasteiger partial charge in [0, 0.05) is 0 Å². The lowest BCUT2D eigenvalue weighted by Gasteiger charge is -2.43. The molecule has 2 unspecified atom stereocenters. The fraction of sp³-hybridized carbons (Fsp3) is 1.00. The van der Waals surface area contributed by atoms with Gasteiger partial charge < -0.3 is 20.7 Å². The molecule has 10 nitrogen and oxygen atoms in total. The summed E-state index contributed by atoms with van der Waals surface area (Å²) in [5.74, 6) is 21.0. The van der Waals surface area contributed by atoms with Gasteiger partial charge in [-0.2, -0.15) is 10.2 Å². The van der Waals surface area contributed by atoms with Crippen LogP contribution in [-0.2, 0) is 4.74 Å². The van der Waals surface area contributed by atoms with Gasteiger partial charge in [-0.3, -0.25) is 23.4 Å². The largest absolute Gasteiger partial charge is 0.389 e. The van der Waals surface area contributed by atoms with Gasteiger partial charge >= 0.3 is 0 Å². The number of nitrogens with two attached hydrogens (primary N) is 5. The SMILES string of the molecule is N[C@H]1C(O)[C@@H](O)C(CN(N)N)O[C@H]1N(N)N. The van der Waals surface area contributed by atoms with Gasteiger partial charge in [0.25, 0.3) is 0 Å². The third-order valence-corrected chi connectivity index (χ3v) is 2.45. The molecule has 10 heteroatoms. The van der Waals surface area contributed by atoms with Crippen molar-refractivity contribution in [1.82, 2.24) is 10.2 Å². The molecule has 0 aromatic carbocycles. The molecule has 0 spiro atoms. The number of rotatable bonds is 3. The van der Waals surface area contributed by atoms with E-state index in [4.69, 9.17) is 33.8 Å². The molecule has 16 heavy (non-hydrogen) atoms. The van der Waals surface area contributed by atoms with Crippen LogP contribution in [-0.4, -0.2) is 57.6 Å².